The molecule has 0 radical (unpaired) electrons. The van der Waals surface area contributed by atoms with Crippen molar-refractivity contribution in [1.82, 2.24) is 24.6 Å². The van der Waals surface area contributed by atoms with Gasteiger partial charge in [-0.2, -0.15) is 4.31 Å². The lowest BCUT2D eigenvalue weighted by Crippen LogP contribution is -2.30. The number of aromatic nitrogens is 3. The highest BCUT2D eigenvalue weighted by Crippen LogP contribution is 2.17. The number of amides is 1. The summed E-state index contributed by atoms with van der Waals surface area (Å²) in [5.74, 6) is -0.337. The fourth-order valence-electron chi connectivity index (χ4n) is 3.23. The van der Waals surface area contributed by atoms with E-state index in [2.05, 4.69) is 15.6 Å². The largest absolute Gasteiger partial charge is 0.347 e. The van der Waals surface area contributed by atoms with E-state index < -0.39 is 10.0 Å². The summed E-state index contributed by atoms with van der Waals surface area (Å²) in [4.78, 5) is 12.8. The summed E-state index contributed by atoms with van der Waals surface area (Å²) in [5, 5.41) is 10.9. The standard InChI is InChI=1S/C22H27N5O3S/c1-5-26(6-2)31(29,30)20-13-9-18(10-14-20)15-23-22(28)21-17(4)27(25-24-21)19-11-7-16(3)8-12-19/h7-14H,5-6,15H2,1-4H3,(H,23,28). The van der Waals surface area contributed by atoms with Crippen molar-refractivity contribution < 1.29 is 13.2 Å². The highest BCUT2D eigenvalue weighted by molar-refractivity contribution is 7.89. The maximum absolute atomic E-state index is 12.6. The van der Waals surface area contributed by atoms with Crippen LogP contribution >= 0.6 is 0 Å². The molecule has 2 aromatic carbocycles. The zero-order valence-corrected chi connectivity index (χ0v) is 19.0. The third-order valence-corrected chi connectivity index (χ3v) is 7.17. The maximum Gasteiger partial charge on any atom is 0.274 e. The Hall–Kier alpha value is -3.04. The minimum absolute atomic E-state index is 0.239. The normalized spacial score (nSPS) is 11.6. The fraction of sp³-hybridized carbons (Fsp3) is 0.318. The summed E-state index contributed by atoms with van der Waals surface area (Å²) < 4.78 is 28.2. The molecule has 8 nitrogen and oxygen atoms in total. The van der Waals surface area contributed by atoms with Crippen molar-refractivity contribution >= 4 is 15.9 Å². The SMILES string of the molecule is CCN(CC)S(=O)(=O)c1ccc(CNC(=O)c2nnn(-c3ccc(C)cc3)c2C)cc1. The Bertz CT molecular complexity index is 1150. The van der Waals surface area contributed by atoms with Gasteiger partial charge in [0.1, 0.15) is 0 Å². The van der Waals surface area contributed by atoms with Crippen molar-refractivity contribution in [3.05, 3.63) is 71.0 Å². The molecule has 9 heteroatoms. The van der Waals surface area contributed by atoms with Gasteiger partial charge in [-0.3, -0.25) is 4.79 Å². The summed E-state index contributed by atoms with van der Waals surface area (Å²) in [7, 11) is -3.50. The lowest BCUT2D eigenvalue weighted by Gasteiger charge is -2.18. The van der Waals surface area contributed by atoms with Crippen molar-refractivity contribution in [2.75, 3.05) is 13.1 Å². The first-order valence-electron chi connectivity index (χ1n) is 10.1. The molecule has 3 rings (SSSR count). The van der Waals surface area contributed by atoms with Gasteiger partial charge in [0.25, 0.3) is 5.91 Å². The Balaban J connectivity index is 1.68. The number of rotatable bonds is 8. The van der Waals surface area contributed by atoms with Gasteiger partial charge >= 0.3 is 0 Å². The van der Waals surface area contributed by atoms with Crippen LogP contribution in [-0.4, -0.2) is 46.7 Å². The second-order valence-corrected chi connectivity index (χ2v) is 9.12. The lowest BCUT2D eigenvalue weighted by molar-refractivity contribution is 0.0945. The Kier molecular flexibility index (Phi) is 6.87. The van der Waals surface area contributed by atoms with Crippen molar-refractivity contribution in [1.29, 1.82) is 0 Å². The number of benzene rings is 2. The van der Waals surface area contributed by atoms with E-state index in [0.29, 0.717) is 18.8 Å². The van der Waals surface area contributed by atoms with Gasteiger partial charge in [-0.1, -0.05) is 48.9 Å². The number of carbonyl (C=O) groups is 1. The van der Waals surface area contributed by atoms with Gasteiger partial charge in [-0.25, -0.2) is 13.1 Å². The average molecular weight is 442 g/mol. The average Bonchev–Trinajstić information content (AvgIpc) is 3.15. The van der Waals surface area contributed by atoms with Crippen LogP contribution in [0.4, 0.5) is 0 Å². The third kappa shape index (κ3) is 4.83. The molecule has 0 fully saturated rings. The number of sulfonamides is 1. The van der Waals surface area contributed by atoms with E-state index >= 15 is 0 Å². The van der Waals surface area contributed by atoms with Gasteiger partial charge in [0.15, 0.2) is 5.69 Å². The van der Waals surface area contributed by atoms with E-state index in [1.807, 2.05) is 45.0 Å². The van der Waals surface area contributed by atoms with Gasteiger partial charge < -0.3 is 5.32 Å². The first-order valence-corrected chi connectivity index (χ1v) is 11.6. The van der Waals surface area contributed by atoms with Crippen LogP contribution < -0.4 is 5.32 Å². The van der Waals surface area contributed by atoms with Crippen LogP contribution in [0, 0.1) is 13.8 Å². The minimum Gasteiger partial charge on any atom is -0.347 e. The molecule has 0 saturated carbocycles. The van der Waals surface area contributed by atoms with Crippen LogP contribution in [-0.2, 0) is 16.6 Å². The molecule has 0 unspecified atom stereocenters. The smallest absolute Gasteiger partial charge is 0.274 e. The molecule has 0 bridgehead atoms. The van der Waals surface area contributed by atoms with Gasteiger partial charge in [0, 0.05) is 19.6 Å². The van der Waals surface area contributed by atoms with Gasteiger partial charge in [-0.15, -0.1) is 5.10 Å². The molecule has 1 N–H and O–H groups in total. The molecule has 3 aromatic rings. The van der Waals surface area contributed by atoms with Crippen molar-refractivity contribution in [2.24, 2.45) is 0 Å². The predicted molar refractivity (Wildman–Crippen MR) is 119 cm³/mol. The third-order valence-electron chi connectivity index (χ3n) is 5.11. The van der Waals surface area contributed by atoms with Crippen molar-refractivity contribution in [3.63, 3.8) is 0 Å². The lowest BCUT2D eigenvalue weighted by atomic mass is 10.2. The number of nitrogens with one attached hydrogen (secondary N) is 1. The predicted octanol–water partition coefficient (Wildman–Crippen LogP) is 2.84. The molecular formula is C22H27N5O3S. The molecular weight excluding hydrogens is 414 g/mol. The molecule has 0 aliphatic heterocycles. The highest BCUT2D eigenvalue weighted by Gasteiger charge is 2.21. The van der Waals surface area contributed by atoms with E-state index in [9.17, 15) is 13.2 Å². The molecule has 0 aliphatic carbocycles. The molecule has 1 heterocycles. The Morgan fingerprint density at radius 2 is 1.61 bits per heavy atom. The Morgan fingerprint density at radius 3 is 2.19 bits per heavy atom. The van der Waals surface area contributed by atoms with E-state index in [1.165, 1.54) is 4.31 Å². The van der Waals surface area contributed by atoms with Crippen LogP contribution in [0.5, 0.6) is 0 Å². The van der Waals surface area contributed by atoms with Gasteiger partial charge in [-0.05, 0) is 43.7 Å². The van der Waals surface area contributed by atoms with Crippen LogP contribution in [0.2, 0.25) is 0 Å². The summed E-state index contributed by atoms with van der Waals surface area (Å²) >= 11 is 0. The second-order valence-electron chi connectivity index (χ2n) is 7.19. The van der Waals surface area contributed by atoms with E-state index in [4.69, 9.17) is 0 Å². The first-order chi connectivity index (χ1) is 14.8. The molecule has 31 heavy (non-hydrogen) atoms. The van der Waals surface area contributed by atoms with Gasteiger partial charge in [0.05, 0.1) is 16.3 Å². The second kappa shape index (κ2) is 9.40. The summed E-state index contributed by atoms with van der Waals surface area (Å²) in [5.41, 5.74) is 3.65. The quantitative estimate of drug-likeness (QED) is 0.580. The van der Waals surface area contributed by atoms with E-state index in [1.54, 1.807) is 35.9 Å². The number of aryl methyl sites for hydroxylation is 1. The summed E-state index contributed by atoms with van der Waals surface area (Å²) in [6.07, 6.45) is 0. The zero-order chi connectivity index (χ0) is 22.6. The minimum atomic E-state index is -3.50. The van der Waals surface area contributed by atoms with Crippen molar-refractivity contribution in [3.8, 4) is 5.69 Å². The molecule has 0 aliphatic rings. The monoisotopic (exact) mass is 441 g/mol. The topological polar surface area (TPSA) is 97.2 Å². The van der Waals surface area contributed by atoms with Crippen molar-refractivity contribution in [2.45, 2.75) is 39.1 Å². The number of hydrogen-bond donors (Lipinski definition) is 1. The number of hydrogen-bond acceptors (Lipinski definition) is 5. The number of carbonyl (C=O) groups excluding carboxylic acids is 1. The van der Waals surface area contributed by atoms with Crippen LogP contribution in [0.25, 0.3) is 5.69 Å². The molecule has 164 valence electrons. The fourth-order valence-corrected chi connectivity index (χ4v) is 4.69. The van der Waals surface area contributed by atoms with Crippen LogP contribution in [0.3, 0.4) is 0 Å². The van der Waals surface area contributed by atoms with E-state index in [0.717, 1.165) is 16.8 Å². The van der Waals surface area contributed by atoms with Gasteiger partial charge in [0.2, 0.25) is 10.0 Å². The maximum atomic E-state index is 12.6. The zero-order valence-electron chi connectivity index (χ0n) is 18.2. The molecule has 1 aromatic heterocycles. The molecule has 1 amide bonds. The number of nitrogens with zero attached hydrogens (tertiary/aromatic N) is 4. The van der Waals surface area contributed by atoms with Crippen LogP contribution in [0.15, 0.2) is 53.4 Å². The molecule has 0 atom stereocenters. The Morgan fingerprint density at radius 1 is 1.00 bits per heavy atom. The summed E-state index contributed by atoms with van der Waals surface area (Å²) in [6, 6.07) is 14.3. The highest BCUT2D eigenvalue weighted by atomic mass is 32.2. The van der Waals surface area contributed by atoms with E-state index in [-0.39, 0.29) is 23.0 Å². The molecule has 0 spiro atoms. The summed E-state index contributed by atoms with van der Waals surface area (Å²) in [6.45, 7) is 8.49. The molecule has 0 saturated heterocycles. The van der Waals surface area contributed by atoms with Crippen LogP contribution in [0.1, 0.15) is 41.2 Å². The Labute approximate surface area is 182 Å². The first kappa shape index (κ1) is 22.6.